The maximum atomic E-state index is 12.1. The van der Waals surface area contributed by atoms with E-state index in [1.165, 1.54) is 0 Å². The topological polar surface area (TPSA) is 61.6 Å². The number of rotatable bonds is 1. The highest BCUT2D eigenvalue weighted by Gasteiger charge is 2.63. The highest BCUT2D eigenvalue weighted by Crippen LogP contribution is 2.39. The number of alkyl halides is 3. The summed E-state index contributed by atoms with van der Waals surface area (Å²) < 4.78 is 44.6. The minimum absolute atomic E-state index is 0.681. The molecule has 4 nitrogen and oxygen atoms in total. The maximum absolute atomic E-state index is 12.1. The van der Waals surface area contributed by atoms with Crippen LogP contribution in [0.15, 0.2) is 0 Å². The lowest BCUT2D eigenvalue weighted by Crippen LogP contribution is -2.63. The summed E-state index contributed by atoms with van der Waals surface area (Å²) in [5.41, 5.74) is 1.95. The Balaban J connectivity index is 2.70. The van der Waals surface area contributed by atoms with Crippen LogP contribution < -0.4 is 5.73 Å². The van der Waals surface area contributed by atoms with Gasteiger partial charge in [-0.2, -0.15) is 13.2 Å². The molecule has 0 saturated carbocycles. The third kappa shape index (κ3) is 1.31. The van der Waals surface area contributed by atoms with Gasteiger partial charge in [-0.3, -0.25) is 0 Å². The Bertz CT molecular complexity index is 199. The third-order valence-electron chi connectivity index (χ3n) is 1.48. The number of amides is 1. The predicted molar refractivity (Wildman–Crippen MR) is 30.3 cm³/mol. The number of carbonyl (C=O) groups excluding carboxylic acids is 1. The highest BCUT2D eigenvalue weighted by atomic mass is 19.4. The molecule has 12 heavy (non-hydrogen) atoms. The molecule has 1 saturated heterocycles. The minimum Gasteiger partial charge on any atom is -0.428 e. The molecule has 0 aromatic carbocycles. The Hall–Kier alpha value is -0.980. The first-order chi connectivity index (χ1) is 5.37. The number of primary amides is 1. The second kappa shape index (κ2) is 2.51. The van der Waals surface area contributed by atoms with Crippen molar-refractivity contribution in [1.82, 2.24) is 0 Å². The van der Waals surface area contributed by atoms with Crippen LogP contribution in [0.25, 0.3) is 0 Å². The van der Waals surface area contributed by atoms with Crippen LogP contribution in [0.1, 0.15) is 0 Å². The summed E-state index contributed by atoms with van der Waals surface area (Å²) in [6, 6.07) is 0. The number of halogens is 3. The van der Waals surface area contributed by atoms with Crippen molar-refractivity contribution in [3.05, 3.63) is 0 Å². The van der Waals surface area contributed by atoms with Crippen molar-refractivity contribution in [2.45, 2.75) is 11.8 Å². The van der Waals surface area contributed by atoms with Crippen LogP contribution in [-0.4, -0.2) is 31.1 Å². The van der Waals surface area contributed by atoms with E-state index in [2.05, 4.69) is 15.2 Å². The minimum atomic E-state index is -4.62. The van der Waals surface area contributed by atoms with E-state index in [1.807, 2.05) is 0 Å². The zero-order chi connectivity index (χ0) is 9.41. The van der Waals surface area contributed by atoms with Gasteiger partial charge in [0.1, 0.15) is 0 Å². The number of nitrogens with two attached hydrogens (primary N) is 1. The molecule has 1 fully saturated rings. The molecule has 0 spiro atoms. The van der Waals surface area contributed by atoms with E-state index in [0.717, 1.165) is 0 Å². The van der Waals surface area contributed by atoms with E-state index < -0.39 is 31.1 Å². The molecule has 0 atom stereocenters. The largest absolute Gasteiger partial charge is 0.433 e. The molecule has 70 valence electrons. The Kier molecular flexibility index (Phi) is 1.91. The van der Waals surface area contributed by atoms with Crippen molar-refractivity contribution in [2.24, 2.45) is 5.73 Å². The molecule has 1 amide bonds. The molecule has 0 unspecified atom stereocenters. The predicted octanol–water partition coefficient (Wildman–Crippen LogP) is 0.413. The van der Waals surface area contributed by atoms with Crippen molar-refractivity contribution >= 4 is 6.09 Å². The van der Waals surface area contributed by atoms with Gasteiger partial charge in [0.2, 0.25) is 0 Å². The van der Waals surface area contributed by atoms with Crippen molar-refractivity contribution in [3.63, 3.8) is 0 Å². The Labute approximate surface area is 65.4 Å². The van der Waals surface area contributed by atoms with Gasteiger partial charge < -0.3 is 15.2 Å². The molecular formula is C5H6F3NO3. The lowest BCUT2D eigenvalue weighted by Gasteiger charge is -2.40. The molecule has 1 heterocycles. The van der Waals surface area contributed by atoms with Crippen molar-refractivity contribution in [3.8, 4) is 0 Å². The van der Waals surface area contributed by atoms with E-state index in [9.17, 15) is 18.0 Å². The van der Waals surface area contributed by atoms with Crippen molar-refractivity contribution in [2.75, 3.05) is 13.2 Å². The fourth-order valence-electron chi connectivity index (χ4n) is 0.760. The SMILES string of the molecule is NC(=O)OC1(C(F)(F)F)COC1. The van der Waals surface area contributed by atoms with Crippen LogP contribution in [-0.2, 0) is 9.47 Å². The summed E-state index contributed by atoms with van der Waals surface area (Å²) in [6.07, 6.45) is -6.07. The molecule has 0 bridgehead atoms. The zero-order valence-corrected chi connectivity index (χ0v) is 5.85. The van der Waals surface area contributed by atoms with Gasteiger partial charge in [-0.15, -0.1) is 0 Å². The normalized spacial score (nSPS) is 21.2. The lowest BCUT2D eigenvalue weighted by molar-refractivity contribution is -0.330. The first-order valence-corrected chi connectivity index (χ1v) is 3.00. The van der Waals surface area contributed by atoms with Crippen LogP contribution >= 0.6 is 0 Å². The van der Waals surface area contributed by atoms with Gasteiger partial charge >= 0.3 is 12.3 Å². The van der Waals surface area contributed by atoms with E-state index in [-0.39, 0.29) is 0 Å². The second-order valence-corrected chi connectivity index (χ2v) is 2.41. The highest BCUT2D eigenvalue weighted by molar-refractivity contribution is 5.65. The first kappa shape index (κ1) is 9.11. The van der Waals surface area contributed by atoms with Crippen LogP contribution in [0, 0.1) is 0 Å². The fraction of sp³-hybridized carbons (Fsp3) is 0.800. The van der Waals surface area contributed by atoms with Gasteiger partial charge in [0.15, 0.2) is 0 Å². The van der Waals surface area contributed by atoms with Crippen molar-refractivity contribution < 1.29 is 27.4 Å². The molecule has 1 rings (SSSR count). The van der Waals surface area contributed by atoms with Crippen LogP contribution in [0.4, 0.5) is 18.0 Å². The van der Waals surface area contributed by atoms with Gasteiger partial charge in [-0.05, 0) is 0 Å². The molecule has 0 aliphatic carbocycles. The summed E-state index contributed by atoms with van der Waals surface area (Å²) in [5, 5.41) is 0. The molecule has 1 aliphatic rings. The van der Waals surface area contributed by atoms with Gasteiger partial charge in [0.25, 0.3) is 5.60 Å². The molecule has 2 N–H and O–H groups in total. The molecule has 0 aromatic heterocycles. The van der Waals surface area contributed by atoms with E-state index in [4.69, 9.17) is 0 Å². The van der Waals surface area contributed by atoms with E-state index in [0.29, 0.717) is 0 Å². The smallest absolute Gasteiger partial charge is 0.428 e. The number of hydrogen-bond acceptors (Lipinski definition) is 3. The van der Waals surface area contributed by atoms with Crippen LogP contribution in [0.5, 0.6) is 0 Å². The molecule has 0 radical (unpaired) electrons. The fourth-order valence-corrected chi connectivity index (χ4v) is 0.760. The van der Waals surface area contributed by atoms with Gasteiger partial charge in [0, 0.05) is 0 Å². The van der Waals surface area contributed by atoms with Crippen LogP contribution in [0.2, 0.25) is 0 Å². The third-order valence-corrected chi connectivity index (χ3v) is 1.48. The first-order valence-electron chi connectivity index (χ1n) is 3.00. The maximum Gasteiger partial charge on any atom is 0.433 e. The average molecular weight is 185 g/mol. The molecule has 0 aromatic rings. The van der Waals surface area contributed by atoms with E-state index in [1.54, 1.807) is 0 Å². The van der Waals surface area contributed by atoms with Gasteiger partial charge in [-0.25, -0.2) is 4.79 Å². The summed E-state index contributed by atoms with van der Waals surface area (Å²) in [7, 11) is 0. The molecular weight excluding hydrogens is 179 g/mol. The van der Waals surface area contributed by atoms with Crippen LogP contribution in [0.3, 0.4) is 0 Å². The number of hydrogen-bond donors (Lipinski definition) is 1. The van der Waals surface area contributed by atoms with E-state index >= 15 is 0 Å². The molecule has 1 aliphatic heterocycles. The summed E-state index contributed by atoms with van der Waals surface area (Å²) >= 11 is 0. The second-order valence-electron chi connectivity index (χ2n) is 2.41. The lowest BCUT2D eigenvalue weighted by atomic mass is 10.0. The average Bonchev–Trinajstić information content (AvgIpc) is 1.74. The summed E-state index contributed by atoms with van der Waals surface area (Å²) in [5.74, 6) is 0. The van der Waals surface area contributed by atoms with Gasteiger partial charge in [0.05, 0.1) is 13.2 Å². The summed E-state index contributed by atoms with van der Waals surface area (Å²) in [4.78, 5) is 10.1. The molecule has 7 heteroatoms. The quantitative estimate of drug-likeness (QED) is 0.643. The monoisotopic (exact) mass is 185 g/mol. The summed E-state index contributed by atoms with van der Waals surface area (Å²) in [6.45, 7) is -1.36. The Morgan fingerprint density at radius 2 is 2.00 bits per heavy atom. The zero-order valence-electron chi connectivity index (χ0n) is 5.85. The standard InChI is InChI=1S/C5H6F3NO3/c6-5(7,8)4(1-11-2-4)12-3(9)10/h1-2H2,(H2,9,10). The Morgan fingerprint density at radius 3 is 2.08 bits per heavy atom. The van der Waals surface area contributed by atoms with Gasteiger partial charge in [-0.1, -0.05) is 0 Å². The number of ether oxygens (including phenoxy) is 2. The van der Waals surface area contributed by atoms with Crippen molar-refractivity contribution in [1.29, 1.82) is 0 Å². The Morgan fingerprint density at radius 1 is 1.50 bits per heavy atom. The number of carbonyl (C=O) groups is 1.